The summed E-state index contributed by atoms with van der Waals surface area (Å²) in [6.07, 6.45) is 3.65. The van der Waals surface area contributed by atoms with Crippen molar-refractivity contribution >= 4 is 17.4 Å². The van der Waals surface area contributed by atoms with Crippen LogP contribution in [0.3, 0.4) is 0 Å². The summed E-state index contributed by atoms with van der Waals surface area (Å²) in [7, 11) is 2.27. The number of anilines is 1. The number of nitrogens with one attached hydrogen (secondary N) is 1. The van der Waals surface area contributed by atoms with Gasteiger partial charge in [-0.3, -0.25) is 0 Å². The lowest BCUT2D eigenvalue weighted by Crippen LogP contribution is -2.33. The van der Waals surface area contributed by atoms with Gasteiger partial charge in [0.1, 0.15) is 0 Å². The number of benzene rings is 1. The van der Waals surface area contributed by atoms with Crippen molar-refractivity contribution in [1.29, 1.82) is 0 Å². The average Bonchev–Trinajstić information content (AvgIpc) is 3.02. The number of nitrogens with zero attached hydrogens (tertiary/aromatic N) is 1. The first-order chi connectivity index (χ1) is 9.77. The van der Waals surface area contributed by atoms with Gasteiger partial charge < -0.3 is 10.2 Å². The summed E-state index contributed by atoms with van der Waals surface area (Å²) in [6, 6.07) is 10.1. The van der Waals surface area contributed by atoms with Gasteiger partial charge in [0.15, 0.2) is 0 Å². The monoisotopic (exact) mass is 292 g/mol. The van der Waals surface area contributed by atoms with E-state index in [2.05, 4.69) is 67.1 Å². The Kier molecular flexibility index (Phi) is 6.24. The van der Waals surface area contributed by atoms with E-state index in [1.807, 2.05) is 0 Å². The standard InChI is InChI=1S/C17H28N2S/c1-4-11-18-16(5-2)15-8-6-7-9-17(15)19(3)14-10-12-20-13-14/h6-9,14,16,18H,4-5,10-13H2,1-3H3. The first kappa shape index (κ1) is 15.7. The molecule has 1 aliphatic rings. The highest BCUT2D eigenvalue weighted by atomic mass is 32.2. The second-order valence-electron chi connectivity index (χ2n) is 5.60. The fraction of sp³-hybridized carbons (Fsp3) is 0.647. The Labute approximate surface area is 128 Å². The maximum atomic E-state index is 3.69. The molecule has 1 saturated heterocycles. The second-order valence-corrected chi connectivity index (χ2v) is 6.75. The first-order valence-electron chi connectivity index (χ1n) is 7.90. The van der Waals surface area contributed by atoms with Crippen molar-refractivity contribution in [2.24, 2.45) is 0 Å². The fourth-order valence-electron chi connectivity index (χ4n) is 2.92. The molecule has 1 heterocycles. The smallest absolute Gasteiger partial charge is 0.0414 e. The number of para-hydroxylation sites is 1. The normalized spacial score (nSPS) is 20.1. The zero-order chi connectivity index (χ0) is 14.4. The zero-order valence-electron chi connectivity index (χ0n) is 13.1. The Morgan fingerprint density at radius 1 is 1.35 bits per heavy atom. The molecule has 2 nitrogen and oxygen atoms in total. The van der Waals surface area contributed by atoms with Crippen molar-refractivity contribution in [2.45, 2.75) is 45.2 Å². The molecule has 1 aliphatic heterocycles. The summed E-state index contributed by atoms with van der Waals surface area (Å²) in [5.41, 5.74) is 2.87. The number of hydrogen-bond acceptors (Lipinski definition) is 3. The summed E-state index contributed by atoms with van der Waals surface area (Å²) < 4.78 is 0. The van der Waals surface area contributed by atoms with E-state index < -0.39 is 0 Å². The molecule has 0 amide bonds. The molecule has 1 aromatic rings. The minimum atomic E-state index is 0.475. The SMILES string of the molecule is CCCNC(CC)c1ccccc1N(C)C1CCSC1. The molecule has 2 atom stereocenters. The van der Waals surface area contributed by atoms with Crippen molar-refractivity contribution < 1.29 is 0 Å². The lowest BCUT2D eigenvalue weighted by atomic mass is 10.0. The Bertz CT molecular complexity index is 402. The lowest BCUT2D eigenvalue weighted by molar-refractivity contribution is 0.516. The van der Waals surface area contributed by atoms with E-state index in [1.54, 1.807) is 0 Å². The molecule has 0 saturated carbocycles. The maximum Gasteiger partial charge on any atom is 0.0414 e. The van der Waals surface area contributed by atoms with Gasteiger partial charge in [-0.2, -0.15) is 11.8 Å². The van der Waals surface area contributed by atoms with Crippen LogP contribution in [0.5, 0.6) is 0 Å². The summed E-state index contributed by atoms with van der Waals surface area (Å²) in [5, 5.41) is 3.69. The number of thioether (sulfide) groups is 1. The highest BCUT2D eigenvalue weighted by Gasteiger charge is 2.23. The van der Waals surface area contributed by atoms with Crippen LogP contribution in [0.25, 0.3) is 0 Å². The Morgan fingerprint density at radius 3 is 2.80 bits per heavy atom. The van der Waals surface area contributed by atoms with Crippen LogP contribution in [-0.4, -0.2) is 31.1 Å². The molecule has 0 aromatic heterocycles. The molecule has 0 aliphatic carbocycles. The molecule has 2 rings (SSSR count). The van der Waals surface area contributed by atoms with Gasteiger partial charge in [-0.05, 0) is 43.2 Å². The average molecular weight is 292 g/mol. The van der Waals surface area contributed by atoms with Crippen molar-refractivity contribution in [3.8, 4) is 0 Å². The Morgan fingerprint density at radius 2 is 2.15 bits per heavy atom. The quantitative estimate of drug-likeness (QED) is 0.815. The Hall–Kier alpha value is -0.670. The van der Waals surface area contributed by atoms with Gasteiger partial charge in [0, 0.05) is 30.6 Å². The van der Waals surface area contributed by atoms with Crippen LogP contribution in [0.2, 0.25) is 0 Å². The molecule has 3 heteroatoms. The zero-order valence-corrected chi connectivity index (χ0v) is 13.9. The van der Waals surface area contributed by atoms with Crippen molar-refractivity contribution in [3.05, 3.63) is 29.8 Å². The van der Waals surface area contributed by atoms with Crippen LogP contribution >= 0.6 is 11.8 Å². The van der Waals surface area contributed by atoms with Crippen molar-refractivity contribution in [2.75, 3.05) is 30.0 Å². The fourth-order valence-corrected chi connectivity index (χ4v) is 4.19. The van der Waals surface area contributed by atoms with Gasteiger partial charge in [-0.1, -0.05) is 32.0 Å². The van der Waals surface area contributed by atoms with E-state index in [-0.39, 0.29) is 0 Å². The van der Waals surface area contributed by atoms with Crippen LogP contribution in [0.4, 0.5) is 5.69 Å². The third-order valence-corrected chi connectivity index (χ3v) is 5.34. The van der Waals surface area contributed by atoms with Crippen molar-refractivity contribution in [3.63, 3.8) is 0 Å². The highest BCUT2D eigenvalue weighted by molar-refractivity contribution is 7.99. The van der Waals surface area contributed by atoms with Crippen molar-refractivity contribution in [1.82, 2.24) is 5.32 Å². The minimum Gasteiger partial charge on any atom is -0.370 e. The predicted molar refractivity (Wildman–Crippen MR) is 91.9 cm³/mol. The molecular formula is C17H28N2S. The summed E-state index contributed by atoms with van der Waals surface area (Å²) >= 11 is 2.08. The molecule has 112 valence electrons. The van der Waals surface area contributed by atoms with Crippen LogP contribution in [-0.2, 0) is 0 Å². The highest BCUT2D eigenvalue weighted by Crippen LogP contribution is 2.32. The van der Waals surface area contributed by atoms with E-state index in [9.17, 15) is 0 Å². The Balaban J connectivity index is 2.19. The van der Waals surface area contributed by atoms with Crippen LogP contribution in [0, 0.1) is 0 Å². The van der Waals surface area contributed by atoms with Gasteiger partial charge in [-0.15, -0.1) is 0 Å². The topological polar surface area (TPSA) is 15.3 Å². The van der Waals surface area contributed by atoms with Crippen LogP contribution in [0.15, 0.2) is 24.3 Å². The second kappa shape index (κ2) is 7.94. The summed E-state index contributed by atoms with van der Waals surface area (Å²) in [5.74, 6) is 2.58. The molecule has 2 unspecified atom stereocenters. The first-order valence-corrected chi connectivity index (χ1v) is 9.06. The molecule has 20 heavy (non-hydrogen) atoms. The lowest BCUT2D eigenvalue weighted by Gasteiger charge is -2.31. The van der Waals surface area contributed by atoms with E-state index in [1.165, 1.54) is 35.6 Å². The predicted octanol–water partition coefficient (Wildman–Crippen LogP) is 4.08. The van der Waals surface area contributed by atoms with Gasteiger partial charge in [0.05, 0.1) is 0 Å². The summed E-state index contributed by atoms with van der Waals surface area (Å²) in [4.78, 5) is 2.51. The number of hydrogen-bond donors (Lipinski definition) is 1. The van der Waals surface area contributed by atoms with Gasteiger partial charge in [0.25, 0.3) is 0 Å². The molecule has 0 spiro atoms. The third-order valence-electron chi connectivity index (χ3n) is 4.19. The summed E-state index contributed by atoms with van der Waals surface area (Å²) in [6.45, 7) is 5.60. The maximum absolute atomic E-state index is 3.69. The minimum absolute atomic E-state index is 0.475. The molecule has 1 aromatic carbocycles. The van der Waals surface area contributed by atoms with Gasteiger partial charge >= 0.3 is 0 Å². The largest absolute Gasteiger partial charge is 0.370 e. The van der Waals surface area contributed by atoms with Gasteiger partial charge in [-0.25, -0.2) is 0 Å². The van der Waals surface area contributed by atoms with E-state index in [4.69, 9.17) is 0 Å². The van der Waals surface area contributed by atoms with E-state index in [0.29, 0.717) is 12.1 Å². The van der Waals surface area contributed by atoms with E-state index in [0.717, 1.165) is 13.0 Å². The molecule has 0 radical (unpaired) electrons. The molecule has 1 N–H and O–H groups in total. The molecular weight excluding hydrogens is 264 g/mol. The van der Waals surface area contributed by atoms with E-state index >= 15 is 0 Å². The van der Waals surface area contributed by atoms with Gasteiger partial charge in [0.2, 0.25) is 0 Å². The van der Waals surface area contributed by atoms with Crippen LogP contribution < -0.4 is 10.2 Å². The molecule has 0 bridgehead atoms. The number of rotatable bonds is 7. The molecule has 1 fully saturated rings. The third kappa shape index (κ3) is 3.70. The van der Waals surface area contributed by atoms with Crippen LogP contribution in [0.1, 0.15) is 44.7 Å².